The van der Waals surface area contributed by atoms with Crippen LogP contribution in [0.15, 0.2) is 30.3 Å². The van der Waals surface area contributed by atoms with Crippen molar-refractivity contribution in [3.8, 4) is 0 Å². The van der Waals surface area contributed by atoms with Crippen LogP contribution in [0.2, 0.25) is 0 Å². The minimum atomic E-state index is -1.06. The van der Waals surface area contributed by atoms with E-state index in [-0.39, 0.29) is 18.4 Å². The second kappa shape index (κ2) is 7.94. The van der Waals surface area contributed by atoms with Crippen LogP contribution in [-0.4, -0.2) is 36.7 Å². The molecule has 2 rings (SSSR count). The zero-order chi connectivity index (χ0) is 15.9. The summed E-state index contributed by atoms with van der Waals surface area (Å²) in [5, 5.41) is 11.6. The number of hydrogen-bond acceptors (Lipinski definition) is 3. The van der Waals surface area contributed by atoms with Crippen molar-refractivity contribution in [1.29, 1.82) is 0 Å². The molecule has 0 spiro atoms. The third kappa shape index (κ3) is 4.31. The molecule has 1 saturated carbocycles. The molecule has 120 valence electrons. The number of amides is 1. The molecule has 1 amide bonds. The van der Waals surface area contributed by atoms with Crippen LogP contribution >= 0.6 is 0 Å². The molecule has 0 aromatic heterocycles. The standard InChI is InChI=1S/C17H23NO4/c1-22-11-15(17(20)21)18-16(19)14-9-7-13(8-10-14)12-5-3-2-4-6-12/h2-6,13-15H,7-11H2,1H3,(H,18,19)(H,20,21). The molecule has 0 heterocycles. The number of carbonyl (C=O) groups excluding carboxylic acids is 1. The maximum Gasteiger partial charge on any atom is 0.328 e. The first-order chi connectivity index (χ1) is 10.6. The first-order valence-electron chi connectivity index (χ1n) is 7.69. The number of carboxylic acid groups (broad SMARTS) is 1. The van der Waals surface area contributed by atoms with Crippen molar-refractivity contribution in [2.75, 3.05) is 13.7 Å². The molecule has 0 saturated heterocycles. The van der Waals surface area contributed by atoms with Gasteiger partial charge in [-0.3, -0.25) is 4.79 Å². The van der Waals surface area contributed by atoms with Crippen molar-refractivity contribution in [3.63, 3.8) is 0 Å². The molecule has 1 aromatic rings. The Labute approximate surface area is 130 Å². The van der Waals surface area contributed by atoms with E-state index < -0.39 is 12.0 Å². The number of nitrogens with one attached hydrogen (secondary N) is 1. The summed E-state index contributed by atoms with van der Waals surface area (Å²) in [5.41, 5.74) is 1.32. The van der Waals surface area contributed by atoms with Crippen molar-refractivity contribution in [2.24, 2.45) is 5.92 Å². The van der Waals surface area contributed by atoms with Crippen LogP contribution < -0.4 is 5.32 Å². The summed E-state index contributed by atoms with van der Waals surface area (Å²) in [6, 6.07) is 9.37. The van der Waals surface area contributed by atoms with Gasteiger partial charge in [0.2, 0.25) is 5.91 Å². The molecule has 0 radical (unpaired) electrons. The van der Waals surface area contributed by atoms with Gasteiger partial charge in [-0.2, -0.15) is 0 Å². The van der Waals surface area contributed by atoms with Crippen molar-refractivity contribution in [3.05, 3.63) is 35.9 Å². The van der Waals surface area contributed by atoms with Gasteiger partial charge < -0.3 is 15.2 Å². The number of benzene rings is 1. The maximum atomic E-state index is 12.2. The van der Waals surface area contributed by atoms with Gasteiger partial charge in [-0.05, 0) is 37.2 Å². The lowest BCUT2D eigenvalue weighted by Crippen LogP contribution is -2.46. The fourth-order valence-corrected chi connectivity index (χ4v) is 3.05. The number of rotatable bonds is 6. The van der Waals surface area contributed by atoms with Crippen LogP contribution in [0, 0.1) is 5.92 Å². The van der Waals surface area contributed by atoms with E-state index >= 15 is 0 Å². The summed E-state index contributed by atoms with van der Waals surface area (Å²) in [4.78, 5) is 23.3. The highest BCUT2D eigenvalue weighted by atomic mass is 16.5. The number of methoxy groups -OCH3 is 1. The van der Waals surface area contributed by atoms with Crippen molar-refractivity contribution in [1.82, 2.24) is 5.32 Å². The fraction of sp³-hybridized carbons (Fsp3) is 0.529. The average molecular weight is 305 g/mol. The van der Waals surface area contributed by atoms with E-state index in [9.17, 15) is 9.59 Å². The number of carboxylic acids is 1. The molecule has 0 aliphatic heterocycles. The summed E-state index contributed by atoms with van der Waals surface area (Å²) < 4.78 is 4.83. The maximum absolute atomic E-state index is 12.2. The van der Waals surface area contributed by atoms with Gasteiger partial charge in [-0.25, -0.2) is 4.79 Å². The van der Waals surface area contributed by atoms with Crippen molar-refractivity contribution < 1.29 is 19.4 Å². The van der Waals surface area contributed by atoms with E-state index in [1.54, 1.807) is 0 Å². The Morgan fingerprint density at radius 3 is 2.41 bits per heavy atom. The summed E-state index contributed by atoms with van der Waals surface area (Å²) in [6.07, 6.45) is 3.52. The third-order valence-corrected chi connectivity index (χ3v) is 4.32. The van der Waals surface area contributed by atoms with Gasteiger partial charge in [0.25, 0.3) is 0 Å². The highest BCUT2D eigenvalue weighted by Crippen LogP contribution is 2.35. The van der Waals surface area contributed by atoms with Crippen LogP contribution in [0.3, 0.4) is 0 Å². The quantitative estimate of drug-likeness (QED) is 0.844. The highest BCUT2D eigenvalue weighted by molar-refractivity contribution is 5.85. The fourth-order valence-electron chi connectivity index (χ4n) is 3.05. The lowest BCUT2D eigenvalue weighted by atomic mass is 9.78. The number of hydrogen-bond donors (Lipinski definition) is 2. The van der Waals surface area contributed by atoms with Gasteiger partial charge in [0.1, 0.15) is 0 Å². The number of aliphatic carboxylic acids is 1. The van der Waals surface area contributed by atoms with Gasteiger partial charge in [-0.15, -0.1) is 0 Å². The molecule has 2 N–H and O–H groups in total. The summed E-state index contributed by atoms with van der Waals surface area (Å²) >= 11 is 0. The van der Waals surface area contributed by atoms with Crippen molar-refractivity contribution >= 4 is 11.9 Å². The Kier molecular flexibility index (Phi) is 5.95. The van der Waals surface area contributed by atoms with Crippen LogP contribution in [0.25, 0.3) is 0 Å². The van der Waals surface area contributed by atoms with Gasteiger partial charge in [0.05, 0.1) is 6.61 Å². The SMILES string of the molecule is COCC(NC(=O)C1CCC(c2ccccc2)CC1)C(=O)O. The molecule has 5 heteroatoms. The number of ether oxygens (including phenoxy) is 1. The predicted molar refractivity (Wildman–Crippen MR) is 82.6 cm³/mol. The molecular weight excluding hydrogens is 282 g/mol. The molecular formula is C17H23NO4. The Balaban J connectivity index is 1.85. The van der Waals surface area contributed by atoms with Gasteiger partial charge >= 0.3 is 5.97 Å². The minimum absolute atomic E-state index is 0.0135. The highest BCUT2D eigenvalue weighted by Gasteiger charge is 2.29. The summed E-state index contributed by atoms with van der Waals surface area (Å²) in [7, 11) is 1.42. The van der Waals surface area contributed by atoms with E-state index in [2.05, 4.69) is 17.4 Å². The van der Waals surface area contributed by atoms with E-state index in [0.29, 0.717) is 5.92 Å². The first kappa shape index (κ1) is 16.5. The minimum Gasteiger partial charge on any atom is -0.480 e. The zero-order valence-corrected chi connectivity index (χ0v) is 12.8. The summed E-state index contributed by atoms with van der Waals surface area (Å²) in [5.74, 6) is -0.831. The normalized spacial score (nSPS) is 22.8. The second-order valence-electron chi connectivity index (χ2n) is 5.81. The first-order valence-corrected chi connectivity index (χ1v) is 7.69. The van der Waals surface area contributed by atoms with E-state index in [4.69, 9.17) is 9.84 Å². The van der Waals surface area contributed by atoms with Crippen LogP contribution in [0.1, 0.15) is 37.2 Å². The van der Waals surface area contributed by atoms with E-state index in [1.165, 1.54) is 12.7 Å². The predicted octanol–water partition coefficient (Wildman–Crippen LogP) is 2.18. The molecule has 1 fully saturated rings. The molecule has 0 bridgehead atoms. The third-order valence-electron chi connectivity index (χ3n) is 4.32. The smallest absolute Gasteiger partial charge is 0.328 e. The van der Waals surface area contributed by atoms with Gasteiger partial charge in [0.15, 0.2) is 6.04 Å². The van der Waals surface area contributed by atoms with Crippen LogP contribution in [0.4, 0.5) is 0 Å². The molecule has 1 aromatic carbocycles. The van der Waals surface area contributed by atoms with Crippen LogP contribution in [-0.2, 0) is 14.3 Å². The molecule has 1 aliphatic carbocycles. The Morgan fingerprint density at radius 1 is 1.23 bits per heavy atom. The molecule has 1 aliphatic rings. The van der Waals surface area contributed by atoms with Crippen LogP contribution in [0.5, 0.6) is 0 Å². The van der Waals surface area contributed by atoms with Gasteiger partial charge in [0, 0.05) is 13.0 Å². The van der Waals surface area contributed by atoms with E-state index in [1.807, 2.05) is 18.2 Å². The monoisotopic (exact) mass is 305 g/mol. The topological polar surface area (TPSA) is 75.6 Å². The molecule has 5 nitrogen and oxygen atoms in total. The Morgan fingerprint density at radius 2 is 1.86 bits per heavy atom. The second-order valence-corrected chi connectivity index (χ2v) is 5.81. The number of carbonyl (C=O) groups is 2. The van der Waals surface area contributed by atoms with E-state index in [0.717, 1.165) is 25.7 Å². The van der Waals surface area contributed by atoms with Gasteiger partial charge in [-0.1, -0.05) is 30.3 Å². The summed E-state index contributed by atoms with van der Waals surface area (Å²) in [6.45, 7) is -0.0135. The largest absolute Gasteiger partial charge is 0.480 e. The molecule has 1 atom stereocenters. The Hall–Kier alpha value is -1.88. The average Bonchev–Trinajstić information content (AvgIpc) is 2.55. The molecule has 1 unspecified atom stereocenters. The van der Waals surface area contributed by atoms with Crippen molar-refractivity contribution in [2.45, 2.75) is 37.6 Å². The lowest BCUT2D eigenvalue weighted by Gasteiger charge is -2.28. The zero-order valence-electron chi connectivity index (χ0n) is 12.8. The molecule has 22 heavy (non-hydrogen) atoms. The lowest BCUT2D eigenvalue weighted by molar-refractivity contribution is -0.144. The Bertz CT molecular complexity index is 495.